The van der Waals surface area contributed by atoms with Gasteiger partial charge in [0.15, 0.2) is 0 Å². The maximum atomic E-state index is 13.4. The summed E-state index contributed by atoms with van der Waals surface area (Å²) >= 11 is 0. The van der Waals surface area contributed by atoms with Crippen LogP contribution in [0.15, 0.2) is 60.7 Å². The van der Waals surface area contributed by atoms with E-state index in [1.165, 1.54) is 30.4 Å². The van der Waals surface area contributed by atoms with Gasteiger partial charge in [0.25, 0.3) is 0 Å². The molecule has 0 radical (unpaired) electrons. The summed E-state index contributed by atoms with van der Waals surface area (Å²) in [6.45, 7) is -0.622. The zero-order valence-electron chi connectivity index (χ0n) is 17.8. The Morgan fingerprint density at radius 3 is 2.12 bits per heavy atom. The number of rotatable bonds is 5. The maximum Gasteiger partial charge on any atom is 0.416 e. The molecule has 0 spiro atoms. The van der Waals surface area contributed by atoms with E-state index in [0.29, 0.717) is 5.56 Å². The molecule has 0 bridgehead atoms. The molecule has 180 valence electrons. The first-order valence-electron chi connectivity index (χ1n) is 10.5. The molecule has 1 aliphatic rings. The number of hydrogen-bond acceptors (Lipinski definition) is 6. The number of aliphatic hydroxyl groups excluding tert-OH is 4. The molecule has 0 saturated carbocycles. The van der Waals surface area contributed by atoms with Crippen LogP contribution in [-0.4, -0.2) is 57.7 Å². The van der Waals surface area contributed by atoms with Crippen LogP contribution in [0.3, 0.4) is 0 Å². The standard InChI is InChI=1S/C25H23F3O6/c26-25(27,28)18-8-4-3-5-14(18)9-10-17-11-15-6-1-2-7-16(15)12-19(17)33-24-23(32)22(31)21(30)20(13-29)34-24/h1-12,20-24,29-32H,13H2/b10-9+/t20-,21-,22+,23-,24?/m1/s1. The molecule has 6 nitrogen and oxygen atoms in total. The quantitative estimate of drug-likeness (QED) is 0.422. The van der Waals surface area contributed by atoms with Crippen LogP contribution in [0.4, 0.5) is 13.2 Å². The van der Waals surface area contributed by atoms with E-state index in [1.807, 2.05) is 18.2 Å². The van der Waals surface area contributed by atoms with Gasteiger partial charge in [-0.25, -0.2) is 0 Å². The predicted octanol–water partition coefficient (Wildman–Crippen LogP) is 3.21. The van der Waals surface area contributed by atoms with Crippen molar-refractivity contribution in [2.45, 2.75) is 36.9 Å². The van der Waals surface area contributed by atoms with Crippen molar-refractivity contribution in [3.8, 4) is 5.75 Å². The van der Waals surface area contributed by atoms with Gasteiger partial charge in [-0.2, -0.15) is 13.2 Å². The van der Waals surface area contributed by atoms with Crippen molar-refractivity contribution >= 4 is 22.9 Å². The highest BCUT2D eigenvalue weighted by Gasteiger charge is 2.44. The fourth-order valence-electron chi connectivity index (χ4n) is 3.84. The fourth-order valence-corrected chi connectivity index (χ4v) is 3.84. The summed E-state index contributed by atoms with van der Waals surface area (Å²) < 4.78 is 51.4. The van der Waals surface area contributed by atoms with Gasteiger partial charge in [-0.1, -0.05) is 54.6 Å². The molecule has 5 atom stereocenters. The van der Waals surface area contributed by atoms with E-state index in [1.54, 1.807) is 18.2 Å². The van der Waals surface area contributed by atoms with E-state index in [0.717, 1.165) is 16.8 Å². The van der Waals surface area contributed by atoms with Crippen molar-refractivity contribution in [2.24, 2.45) is 0 Å². The molecule has 1 heterocycles. The van der Waals surface area contributed by atoms with Gasteiger partial charge in [0.1, 0.15) is 30.2 Å². The highest BCUT2D eigenvalue weighted by molar-refractivity contribution is 5.89. The number of fused-ring (bicyclic) bond motifs is 1. The number of halogens is 3. The van der Waals surface area contributed by atoms with Crippen molar-refractivity contribution in [1.29, 1.82) is 0 Å². The SMILES string of the molecule is OC[C@H]1OC(Oc2cc3ccccc3cc2/C=C/c2ccccc2C(F)(F)F)[C@H](O)[C@@H](O)[C@@H]1O. The van der Waals surface area contributed by atoms with Crippen molar-refractivity contribution in [2.75, 3.05) is 6.61 Å². The highest BCUT2D eigenvalue weighted by Crippen LogP contribution is 2.34. The average Bonchev–Trinajstić information content (AvgIpc) is 2.82. The summed E-state index contributed by atoms with van der Waals surface area (Å²) in [4.78, 5) is 0. The number of aliphatic hydroxyl groups is 4. The van der Waals surface area contributed by atoms with E-state index in [-0.39, 0.29) is 11.3 Å². The van der Waals surface area contributed by atoms with Crippen LogP contribution in [0, 0.1) is 0 Å². The zero-order valence-corrected chi connectivity index (χ0v) is 17.8. The molecule has 0 aromatic heterocycles. The fraction of sp³-hybridized carbons (Fsp3) is 0.280. The summed E-state index contributed by atoms with van der Waals surface area (Å²) in [6.07, 6.45) is -9.17. The van der Waals surface area contributed by atoms with E-state index in [9.17, 15) is 33.6 Å². The van der Waals surface area contributed by atoms with Crippen LogP contribution in [0.25, 0.3) is 22.9 Å². The lowest BCUT2D eigenvalue weighted by Crippen LogP contribution is -2.60. The van der Waals surface area contributed by atoms with Crippen molar-refractivity contribution in [3.63, 3.8) is 0 Å². The zero-order chi connectivity index (χ0) is 24.5. The predicted molar refractivity (Wildman–Crippen MR) is 119 cm³/mol. The van der Waals surface area contributed by atoms with Gasteiger partial charge in [0.05, 0.1) is 12.2 Å². The number of alkyl halides is 3. The molecule has 0 amide bonds. The van der Waals surface area contributed by atoms with Gasteiger partial charge < -0.3 is 29.9 Å². The van der Waals surface area contributed by atoms with E-state index in [2.05, 4.69) is 0 Å². The normalized spacial score (nSPS) is 25.7. The third-order valence-electron chi connectivity index (χ3n) is 5.68. The van der Waals surface area contributed by atoms with Gasteiger partial charge in [-0.15, -0.1) is 0 Å². The number of ether oxygens (including phenoxy) is 2. The Balaban J connectivity index is 1.73. The minimum Gasteiger partial charge on any atom is -0.461 e. The van der Waals surface area contributed by atoms with Crippen molar-refractivity contribution < 1.29 is 43.1 Å². The molecule has 0 aliphatic carbocycles. The Morgan fingerprint density at radius 2 is 1.44 bits per heavy atom. The third-order valence-corrected chi connectivity index (χ3v) is 5.68. The topological polar surface area (TPSA) is 99.4 Å². The second kappa shape index (κ2) is 9.73. The highest BCUT2D eigenvalue weighted by atomic mass is 19.4. The van der Waals surface area contributed by atoms with Crippen molar-refractivity contribution in [3.05, 3.63) is 77.4 Å². The van der Waals surface area contributed by atoms with Gasteiger partial charge in [-0.05, 0) is 34.5 Å². The minimum atomic E-state index is -4.53. The molecule has 1 unspecified atom stereocenters. The number of hydrogen-bond donors (Lipinski definition) is 4. The first-order chi connectivity index (χ1) is 16.2. The van der Waals surface area contributed by atoms with E-state index in [4.69, 9.17) is 9.47 Å². The maximum absolute atomic E-state index is 13.4. The van der Waals surface area contributed by atoms with Crippen molar-refractivity contribution in [1.82, 2.24) is 0 Å². The molecule has 4 N–H and O–H groups in total. The summed E-state index contributed by atoms with van der Waals surface area (Å²) in [5.74, 6) is 0.170. The Morgan fingerprint density at radius 1 is 0.824 bits per heavy atom. The molecule has 1 saturated heterocycles. The van der Waals surface area contributed by atoms with Crippen LogP contribution >= 0.6 is 0 Å². The molecular formula is C25H23F3O6. The molecule has 34 heavy (non-hydrogen) atoms. The molecular weight excluding hydrogens is 453 g/mol. The first kappa shape index (κ1) is 24.2. The summed E-state index contributed by atoms with van der Waals surface area (Å²) in [5.41, 5.74) is -0.432. The Kier molecular flexibility index (Phi) is 6.92. The third kappa shape index (κ3) is 4.94. The van der Waals surface area contributed by atoms with E-state index >= 15 is 0 Å². The second-order valence-electron chi connectivity index (χ2n) is 7.97. The molecule has 1 aliphatic heterocycles. The van der Waals surface area contributed by atoms with Gasteiger partial charge in [-0.3, -0.25) is 0 Å². The summed E-state index contributed by atoms with van der Waals surface area (Å²) in [5, 5.41) is 41.3. The largest absolute Gasteiger partial charge is 0.461 e. The molecule has 3 aromatic rings. The monoisotopic (exact) mass is 476 g/mol. The van der Waals surface area contributed by atoms with Gasteiger partial charge >= 0.3 is 6.18 Å². The summed E-state index contributed by atoms with van der Waals surface area (Å²) in [7, 11) is 0. The lowest BCUT2D eigenvalue weighted by atomic mass is 9.99. The smallest absolute Gasteiger partial charge is 0.416 e. The van der Waals surface area contributed by atoms with E-state index < -0.39 is 49.1 Å². The van der Waals surface area contributed by atoms with Crippen LogP contribution in [0.1, 0.15) is 16.7 Å². The van der Waals surface area contributed by atoms with Crippen LogP contribution < -0.4 is 4.74 Å². The van der Waals surface area contributed by atoms with Crippen LogP contribution in [0.2, 0.25) is 0 Å². The molecule has 9 heteroatoms. The Hall–Kier alpha value is -2.95. The Bertz CT molecular complexity index is 1180. The lowest BCUT2D eigenvalue weighted by Gasteiger charge is -2.39. The minimum absolute atomic E-state index is 0.0399. The molecule has 3 aromatic carbocycles. The van der Waals surface area contributed by atoms with Gasteiger partial charge in [0.2, 0.25) is 6.29 Å². The molecule has 4 rings (SSSR count). The van der Waals surface area contributed by atoms with Gasteiger partial charge in [0, 0.05) is 5.56 Å². The second-order valence-corrected chi connectivity index (χ2v) is 7.97. The first-order valence-corrected chi connectivity index (χ1v) is 10.5. The summed E-state index contributed by atoms with van der Waals surface area (Å²) in [6, 6.07) is 15.7. The lowest BCUT2D eigenvalue weighted by molar-refractivity contribution is -0.277. The van der Waals surface area contributed by atoms with Crippen LogP contribution in [-0.2, 0) is 10.9 Å². The molecule has 1 fully saturated rings. The number of benzene rings is 3. The van der Waals surface area contributed by atoms with Crippen LogP contribution in [0.5, 0.6) is 5.75 Å². The Labute approximate surface area is 193 Å². The average molecular weight is 476 g/mol.